The predicted octanol–water partition coefficient (Wildman–Crippen LogP) is 4.33. The molecule has 0 radical (unpaired) electrons. The van der Waals surface area contributed by atoms with Gasteiger partial charge in [0.15, 0.2) is 0 Å². The predicted molar refractivity (Wildman–Crippen MR) is 84.7 cm³/mol. The molecule has 2 N–H and O–H groups in total. The smallest absolute Gasteiger partial charge is 0.257 e. The number of benzene rings is 2. The monoisotopic (exact) mass is 288 g/mol. The van der Waals surface area contributed by atoms with E-state index < -0.39 is 0 Å². The molecule has 0 unspecified atom stereocenters. The van der Waals surface area contributed by atoms with Crippen molar-refractivity contribution in [2.75, 3.05) is 17.2 Å². The second-order valence-corrected chi connectivity index (χ2v) is 4.93. The molecule has 0 aromatic heterocycles. The number of carbonyl (C=O) groups excluding carboxylic acids is 1. The highest BCUT2D eigenvalue weighted by Crippen LogP contribution is 2.22. The summed E-state index contributed by atoms with van der Waals surface area (Å²) < 4.78 is 0. The third-order valence-corrected chi connectivity index (χ3v) is 3.21. The van der Waals surface area contributed by atoms with E-state index in [1.54, 1.807) is 12.1 Å². The maximum Gasteiger partial charge on any atom is 0.257 e. The third-order valence-electron chi connectivity index (χ3n) is 2.98. The number of rotatable bonds is 4. The summed E-state index contributed by atoms with van der Waals surface area (Å²) in [6.07, 6.45) is 0. The van der Waals surface area contributed by atoms with Gasteiger partial charge in [-0.25, -0.2) is 0 Å². The van der Waals surface area contributed by atoms with Crippen LogP contribution >= 0.6 is 11.6 Å². The molecule has 104 valence electrons. The largest absolute Gasteiger partial charge is 0.385 e. The van der Waals surface area contributed by atoms with Gasteiger partial charge in [0.2, 0.25) is 0 Å². The summed E-state index contributed by atoms with van der Waals surface area (Å²) in [6.45, 7) is 4.68. The van der Waals surface area contributed by atoms with Gasteiger partial charge in [0.05, 0.1) is 5.56 Å². The molecule has 0 aliphatic carbocycles. The number of hydrogen-bond donors (Lipinski definition) is 2. The molecule has 1 amide bonds. The normalized spacial score (nSPS) is 10.2. The van der Waals surface area contributed by atoms with Crippen molar-refractivity contribution in [2.45, 2.75) is 13.8 Å². The van der Waals surface area contributed by atoms with Crippen molar-refractivity contribution in [2.24, 2.45) is 0 Å². The van der Waals surface area contributed by atoms with Gasteiger partial charge in [0.25, 0.3) is 5.91 Å². The van der Waals surface area contributed by atoms with E-state index in [1.807, 2.05) is 44.2 Å². The number of aryl methyl sites for hydroxylation is 1. The first kappa shape index (κ1) is 14.4. The number of nitrogens with one attached hydrogen (secondary N) is 2. The Morgan fingerprint density at radius 2 is 1.90 bits per heavy atom. The Kier molecular flexibility index (Phi) is 4.64. The van der Waals surface area contributed by atoms with E-state index in [9.17, 15) is 4.79 Å². The Morgan fingerprint density at radius 3 is 2.60 bits per heavy atom. The topological polar surface area (TPSA) is 41.1 Å². The van der Waals surface area contributed by atoms with Gasteiger partial charge in [-0.1, -0.05) is 23.7 Å². The molecule has 2 aromatic rings. The SMILES string of the molecule is CCNc1ccccc1C(=O)Nc1ccc(Cl)cc1C. The van der Waals surface area contributed by atoms with Crippen molar-refractivity contribution in [3.63, 3.8) is 0 Å². The van der Waals surface area contributed by atoms with Gasteiger partial charge in [-0.3, -0.25) is 4.79 Å². The van der Waals surface area contributed by atoms with Crippen molar-refractivity contribution in [3.05, 3.63) is 58.6 Å². The Labute approximate surface area is 124 Å². The molecule has 0 aliphatic heterocycles. The van der Waals surface area contributed by atoms with Gasteiger partial charge in [-0.05, 0) is 49.7 Å². The zero-order valence-corrected chi connectivity index (χ0v) is 12.3. The van der Waals surface area contributed by atoms with Crippen LogP contribution < -0.4 is 10.6 Å². The van der Waals surface area contributed by atoms with Crippen molar-refractivity contribution in [3.8, 4) is 0 Å². The van der Waals surface area contributed by atoms with Crippen LogP contribution in [0.3, 0.4) is 0 Å². The lowest BCUT2D eigenvalue weighted by molar-refractivity contribution is 0.102. The lowest BCUT2D eigenvalue weighted by Crippen LogP contribution is -2.15. The maximum atomic E-state index is 12.4. The van der Waals surface area contributed by atoms with Crippen LogP contribution in [-0.2, 0) is 0 Å². The van der Waals surface area contributed by atoms with Crippen LogP contribution in [0.25, 0.3) is 0 Å². The van der Waals surface area contributed by atoms with E-state index >= 15 is 0 Å². The number of anilines is 2. The summed E-state index contributed by atoms with van der Waals surface area (Å²) in [4.78, 5) is 12.4. The highest BCUT2D eigenvalue weighted by atomic mass is 35.5. The molecular weight excluding hydrogens is 272 g/mol. The Hall–Kier alpha value is -2.00. The zero-order valence-electron chi connectivity index (χ0n) is 11.5. The second-order valence-electron chi connectivity index (χ2n) is 4.49. The molecule has 0 saturated carbocycles. The van der Waals surface area contributed by atoms with Crippen molar-refractivity contribution >= 4 is 28.9 Å². The molecular formula is C16H17ClN2O. The first-order valence-corrected chi connectivity index (χ1v) is 6.90. The molecule has 0 bridgehead atoms. The summed E-state index contributed by atoms with van der Waals surface area (Å²) in [5.41, 5.74) is 3.17. The van der Waals surface area contributed by atoms with Crippen LogP contribution in [-0.4, -0.2) is 12.5 Å². The van der Waals surface area contributed by atoms with Crippen LogP contribution in [0.2, 0.25) is 5.02 Å². The zero-order chi connectivity index (χ0) is 14.5. The van der Waals surface area contributed by atoms with E-state index in [4.69, 9.17) is 11.6 Å². The van der Waals surface area contributed by atoms with E-state index in [0.29, 0.717) is 10.6 Å². The van der Waals surface area contributed by atoms with Gasteiger partial charge in [0.1, 0.15) is 0 Å². The van der Waals surface area contributed by atoms with Crippen LogP contribution in [0, 0.1) is 6.92 Å². The first-order valence-electron chi connectivity index (χ1n) is 6.52. The van der Waals surface area contributed by atoms with Crippen LogP contribution in [0.15, 0.2) is 42.5 Å². The van der Waals surface area contributed by atoms with Gasteiger partial charge in [0, 0.05) is 22.9 Å². The fraction of sp³-hybridized carbons (Fsp3) is 0.188. The van der Waals surface area contributed by atoms with E-state index in [2.05, 4.69) is 10.6 Å². The summed E-state index contributed by atoms with van der Waals surface area (Å²) in [6, 6.07) is 12.9. The number of halogens is 1. The summed E-state index contributed by atoms with van der Waals surface area (Å²) in [5, 5.41) is 6.76. The maximum absolute atomic E-state index is 12.4. The quantitative estimate of drug-likeness (QED) is 0.879. The molecule has 2 rings (SSSR count). The molecule has 0 aliphatic rings. The summed E-state index contributed by atoms with van der Waals surface area (Å²) in [5.74, 6) is -0.132. The molecule has 0 spiro atoms. The van der Waals surface area contributed by atoms with E-state index in [-0.39, 0.29) is 5.91 Å². The molecule has 0 saturated heterocycles. The average molecular weight is 289 g/mol. The number of carbonyl (C=O) groups is 1. The fourth-order valence-electron chi connectivity index (χ4n) is 1.98. The number of hydrogen-bond acceptors (Lipinski definition) is 2. The van der Waals surface area contributed by atoms with Crippen LogP contribution in [0.4, 0.5) is 11.4 Å². The minimum absolute atomic E-state index is 0.132. The molecule has 0 fully saturated rings. The van der Waals surface area contributed by atoms with Crippen molar-refractivity contribution in [1.82, 2.24) is 0 Å². The van der Waals surface area contributed by atoms with E-state index in [0.717, 1.165) is 23.5 Å². The van der Waals surface area contributed by atoms with Crippen molar-refractivity contribution < 1.29 is 4.79 Å². The van der Waals surface area contributed by atoms with Crippen LogP contribution in [0.5, 0.6) is 0 Å². The lowest BCUT2D eigenvalue weighted by Gasteiger charge is -2.12. The molecule has 0 heterocycles. The average Bonchev–Trinajstić information content (AvgIpc) is 2.43. The molecule has 2 aromatic carbocycles. The Morgan fingerprint density at radius 1 is 1.15 bits per heavy atom. The Balaban J connectivity index is 2.24. The molecule has 3 nitrogen and oxygen atoms in total. The summed E-state index contributed by atoms with van der Waals surface area (Å²) >= 11 is 5.91. The Bertz CT molecular complexity index is 626. The summed E-state index contributed by atoms with van der Waals surface area (Å²) in [7, 11) is 0. The van der Waals surface area contributed by atoms with Gasteiger partial charge in [-0.15, -0.1) is 0 Å². The molecule has 0 atom stereocenters. The highest BCUT2D eigenvalue weighted by molar-refractivity contribution is 6.30. The molecule has 20 heavy (non-hydrogen) atoms. The highest BCUT2D eigenvalue weighted by Gasteiger charge is 2.11. The minimum Gasteiger partial charge on any atom is -0.385 e. The third kappa shape index (κ3) is 3.31. The lowest BCUT2D eigenvalue weighted by atomic mass is 10.1. The second kappa shape index (κ2) is 6.44. The van der Waals surface area contributed by atoms with E-state index in [1.165, 1.54) is 0 Å². The number of amides is 1. The minimum atomic E-state index is -0.132. The molecule has 4 heteroatoms. The van der Waals surface area contributed by atoms with Gasteiger partial charge in [-0.2, -0.15) is 0 Å². The first-order chi connectivity index (χ1) is 9.61. The van der Waals surface area contributed by atoms with Gasteiger partial charge >= 0.3 is 0 Å². The standard InChI is InChI=1S/C16H17ClN2O/c1-3-18-15-7-5-4-6-13(15)16(20)19-14-9-8-12(17)10-11(14)2/h4-10,18H,3H2,1-2H3,(H,19,20). The number of para-hydroxylation sites is 1. The fourth-order valence-corrected chi connectivity index (χ4v) is 2.21. The van der Waals surface area contributed by atoms with Crippen LogP contribution in [0.1, 0.15) is 22.8 Å². The van der Waals surface area contributed by atoms with Gasteiger partial charge < -0.3 is 10.6 Å². The van der Waals surface area contributed by atoms with Crippen molar-refractivity contribution in [1.29, 1.82) is 0 Å².